The van der Waals surface area contributed by atoms with Crippen LogP contribution in [0.3, 0.4) is 0 Å². The lowest BCUT2D eigenvalue weighted by atomic mass is 10.2. The normalized spacial score (nSPS) is 27.6. The lowest BCUT2D eigenvalue weighted by Crippen LogP contribution is -2.45. The maximum Gasteiger partial charge on any atom is 0.347 e. The molecule has 1 aliphatic carbocycles. The van der Waals surface area contributed by atoms with E-state index in [1.165, 1.54) is 11.3 Å². The lowest BCUT2D eigenvalue weighted by Gasteiger charge is -2.35. The van der Waals surface area contributed by atoms with Crippen LogP contribution in [0.4, 0.5) is 5.13 Å². The Kier molecular flexibility index (Phi) is 3.22. The van der Waals surface area contributed by atoms with Gasteiger partial charge >= 0.3 is 5.97 Å². The predicted octanol–water partition coefficient (Wildman–Crippen LogP) is 2.33. The maximum absolute atomic E-state index is 11.3. The Labute approximate surface area is 116 Å². The molecule has 1 N–H and O–H groups in total. The third-order valence-corrected chi connectivity index (χ3v) is 4.61. The third kappa shape index (κ3) is 2.60. The molecule has 1 aromatic heterocycles. The van der Waals surface area contributed by atoms with Gasteiger partial charge in [-0.05, 0) is 26.7 Å². The first-order valence-corrected chi connectivity index (χ1v) is 7.50. The molecule has 19 heavy (non-hydrogen) atoms. The number of hydrogen-bond acceptors (Lipinski definition) is 5. The van der Waals surface area contributed by atoms with Gasteiger partial charge in [-0.1, -0.05) is 11.3 Å². The number of aromatic nitrogens is 1. The molecule has 0 aromatic carbocycles. The van der Waals surface area contributed by atoms with Crippen LogP contribution in [-0.2, 0) is 4.74 Å². The summed E-state index contributed by atoms with van der Waals surface area (Å²) in [5.74, 6) is -0.480. The molecule has 1 saturated heterocycles. The highest BCUT2D eigenvalue weighted by Crippen LogP contribution is 2.44. The highest BCUT2D eigenvalue weighted by Gasteiger charge is 2.34. The number of nitrogens with zero attached hydrogens (tertiary/aromatic N) is 2. The van der Waals surface area contributed by atoms with Crippen LogP contribution in [0.2, 0.25) is 0 Å². The van der Waals surface area contributed by atoms with Crippen LogP contribution in [0.25, 0.3) is 0 Å². The van der Waals surface area contributed by atoms with E-state index in [0.29, 0.717) is 10.8 Å². The number of anilines is 1. The second-order valence-electron chi connectivity index (χ2n) is 5.45. The van der Waals surface area contributed by atoms with Gasteiger partial charge in [-0.2, -0.15) is 0 Å². The van der Waals surface area contributed by atoms with Crippen molar-refractivity contribution in [2.45, 2.75) is 44.8 Å². The first-order chi connectivity index (χ1) is 9.04. The standard InChI is InChI=1S/C13H18N2O3S/c1-7-5-15(6-8(2)18-7)13-14-10(9-3-4-9)11(19-13)12(16)17/h7-9H,3-6H2,1-2H3,(H,16,17)/t7-,8+. The Balaban J connectivity index is 1.88. The minimum absolute atomic E-state index is 0.158. The first kappa shape index (κ1) is 12.9. The summed E-state index contributed by atoms with van der Waals surface area (Å²) >= 11 is 1.31. The molecule has 1 aromatic rings. The van der Waals surface area contributed by atoms with Crippen molar-refractivity contribution in [1.82, 2.24) is 4.98 Å². The molecule has 6 heteroatoms. The summed E-state index contributed by atoms with van der Waals surface area (Å²) in [4.78, 5) is 18.5. The molecular formula is C13H18N2O3S. The summed E-state index contributed by atoms with van der Waals surface area (Å²) in [6.07, 6.45) is 2.45. The van der Waals surface area contributed by atoms with Gasteiger partial charge in [-0.25, -0.2) is 9.78 Å². The Hall–Kier alpha value is -1.14. The largest absolute Gasteiger partial charge is 0.477 e. The van der Waals surface area contributed by atoms with Crippen molar-refractivity contribution in [3.63, 3.8) is 0 Å². The summed E-state index contributed by atoms with van der Waals surface area (Å²) in [5.41, 5.74) is 0.791. The maximum atomic E-state index is 11.3. The molecule has 2 fully saturated rings. The van der Waals surface area contributed by atoms with Crippen molar-refractivity contribution in [3.8, 4) is 0 Å². The Bertz CT molecular complexity index is 488. The van der Waals surface area contributed by atoms with Crippen LogP contribution in [0.5, 0.6) is 0 Å². The molecule has 2 heterocycles. The number of rotatable bonds is 3. The van der Waals surface area contributed by atoms with Crippen LogP contribution in [-0.4, -0.2) is 41.4 Å². The molecule has 1 aliphatic heterocycles. The summed E-state index contributed by atoms with van der Waals surface area (Å²) < 4.78 is 5.70. The first-order valence-electron chi connectivity index (χ1n) is 6.69. The fourth-order valence-electron chi connectivity index (χ4n) is 2.58. The zero-order valence-electron chi connectivity index (χ0n) is 11.1. The van der Waals surface area contributed by atoms with E-state index in [0.717, 1.165) is 36.8 Å². The fraction of sp³-hybridized carbons (Fsp3) is 0.692. The number of thiazole rings is 1. The van der Waals surface area contributed by atoms with Gasteiger partial charge in [0.15, 0.2) is 5.13 Å². The lowest BCUT2D eigenvalue weighted by molar-refractivity contribution is -0.00523. The molecule has 0 radical (unpaired) electrons. The fourth-order valence-corrected chi connectivity index (χ4v) is 3.59. The van der Waals surface area contributed by atoms with Gasteiger partial charge in [0.25, 0.3) is 0 Å². The van der Waals surface area contributed by atoms with Crippen molar-refractivity contribution in [1.29, 1.82) is 0 Å². The van der Waals surface area contributed by atoms with Crippen molar-refractivity contribution >= 4 is 22.4 Å². The predicted molar refractivity (Wildman–Crippen MR) is 73.3 cm³/mol. The van der Waals surface area contributed by atoms with Crippen LogP contribution < -0.4 is 4.90 Å². The summed E-state index contributed by atoms with van der Waals surface area (Å²) in [5, 5.41) is 10.1. The zero-order valence-corrected chi connectivity index (χ0v) is 11.9. The van der Waals surface area contributed by atoms with Gasteiger partial charge in [0.2, 0.25) is 0 Å². The molecule has 2 aliphatic rings. The molecule has 0 amide bonds. The molecule has 104 valence electrons. The van der Waals surface area contributed by atoms with Gasteiger partial charge in [-0.15, -0.1) is 0 Å². The molecule has 2 atom stereocenters. The van der Waals surface area contributed by atoms with Gasteiger partial charge in [0, 0.05) is 19.0 Å². The third-order valence-electron chi connectivity index (χ3n) is 3.49. The van der Waals surface area contributed by atoms with E-state index in [9.17, 15) is 9.90 Å². The van der Waals surface area contributed by atoms with Gasteiger partial charge in [-0.3, -0.25) is 0 Å². The van der Waals surface area contributed by atoms with Crippen molar-refractivity contribution < 1.29 is 14.6 Å². The molecule has 3 rings (SSSR count). The Morgan fingerprint density at radius 3 is 2.53 bits per heavy atom. The van der Waals surface area contributed by atoms with E-state index in [2.05, 4.69) is 9.88 Å². The monoisotopic (exact) mass is 282 g/mol. The number of carbonyl (C=O) groups is 1. The smallest absolute Gasteiger partial charge is 0.347 e. The number of carboxylic acid groups (broad SMARTS) is 1. The SMILES string of the molecule is C[C@@H]1CN(c2nc(C3CC3)c(C(=O)O)s2)C[C@H](C)O1. The highest BCUT2D eigenvalue weighted by atomic mass is 32.1. The minimum Gasteiger partial charge on any atom is -0.477 e. The number of hydrogen-bond donors (Lipinski definition) is 1. The Morgan fingerprint density at radius 1 is 1.37 bits per heavy atom. The minimum atomic E-state index is -0.847. The van der Waals surface area contributed by atoms with E-state index in [1.54, 1.807) is 0 Å². The Morgan fingerprint density at radius 2 is 2.00 bits per heavy atom. The number of aromatic carboxylic acids is 1. The van der Waals surface area contributed by atoms with Crippen LogP contribution >= 0.6 is 11.3 Å². The van der Waals surface area contributed by atoms with E-state index >= 15 is 0 Å². The van der Waals surface area contributed by atoms with Crippen LogP contribution in [0.15, 0.2) is 0 Å². The molecule has 0 spiro atoms. The average Bonchev–Trinajstić information content (AvgIpc) is 3.06. The average molecular weight is 282 g/mol. The molecule has 0 bridgehead atoms. The van der Waals surface area contributed by atoms with Crippen molar-refractivity contribution in [3.05, 3.63) is 10.6 Å². The van der Waals surface area contributed by atoms with E-state index in [-0.39, 0.29) is 12.2 Å². The quantitative estimate of drug-likeness (QED) is 0.922. The number of carboxylic acids is 1. The van der Waals surface area contributed by atoms with E-state index < -0.39 is 5.97 Å². The van der Waals surface area contributed by atoms with E-state index in [1.807, 2.05) is 13.8 Å². The zero-order chi connectivity index (χ0) is 13.6. The second-order valence-corrected chi connectivity index (χ2v) is 6.43. The van der Waals surface area contributed by atoms with Crippen molar-refractivity contribution in [2.75, 3.05) is 18.0 Å². The second kappa shape index (κ2) is 4.76. The number of morpholine rings is 1. The van der Waals surface area contributed by atoms with E-state index in [4.69, 9.17) is 4.74 Å². The van der Waals surface area contributed by atoms with Crippen molar-refractivity contribution in [2.24, 2.45) is 0 Å². The summed E-state index contributed by atoms with van der Waals surface area (Å²) in [7, 11) is 0. The highest BCUT2D eigenvalue weighted by molar-refractivity contribution is 7.17. The van der Waals surface area contributed by atoms with Gasteiger partial charge in [0.1, 0.15) is 4.88 Å². The summed E-state index contributed by atoms with van der Waals surface area (Å²) in [6, 6.07) is 0. The van der Waals surface area contributed by atoms with Gasteiger partial charge < -0.3 is 14.7 Å². The van der Waals surface area contributed by atoms with Crippen LogP contribution in [0, 0.1) is 0 Å². The molecule has 0 unspecified atom stereocenters. The van der Waals surface area contributed by atoms with Crippen LogP contribution in [0.1, 0.15) is 48.0 Å². The number of ether oxygens (including phenoxy) is 1. The van der Waals surface area contributed by atoms with Gasteiger partial charge in [0.05, 0.1) is 17.9 Å². The topological polar surface area (TPSA) is 62.7 Å². The summed E-state index contributed by atoms with van der Waals surface area (Å²) in [6.45, 7) is 5.63. The molecule has 1 saturated carbocycles. The molecular weight excluding hydrogens is 264 g/mol. The molecule has 5 nitrogen and oxygen atoms in total.